The molecule has 11 nitrogen and oxygen atoms in total. The van der Waals surface area contributed by atoms with Crippen molar-refractivity contribution in [1.82, 2.24) is 0 Å². The van der Waals surface area contributed by atoms with Gasteiger partial charge in [-0.25, -0.2) is 16.8 Å². The zero-order valence-electron chi connectivity index (χ0n) is 25.2. The van der Waals surface area contributed by atoms with Crippen LogP contribution in [0.3, 0.4) is 0 Å². The number of rotatable bonds is 10. The zero-order chi connectivity index (χ0) is 31.3. The third-order valence-electron chi connectivity index (χ3n) is 6.70. The normalized spacial score (nSPS) is 12.5. The molecule has 0 aromatic heterocycles. The summed E-state index contributed by atoms with van der Waals surface area (Å²) in [6.07, 6.45) is 0.654. The van der Waals surface area contributed by atoms with Gasteiger partial charge in [0.2, 0.25) is 0 Å². The predicted molar refractivity (Wildman–Crippen MR) is 164 cm³/mol. The number of nitrogens with one attached hydrogen (secondary N) is 1. The second-order valence-corrected chi connectivity index (χ2v) is 12.4. The molecule has 224 valence electrons. The van der Waals surface area contributed by atoms with Crippen LogP contribution >= 0.6 is 0 Å². The quantitative estimate of drug-likeness (QED) is 0.134. The summed E-state index contributed by atoms with van der Waals surface area (Å²) in [5, 5.41) is 22.1. The Morgan fingerprint density at radius 1 is 0.609 bits per heavy atom. The standard InChI is InChI=1S/C31H27N5O6S2.2Na/c1-2-29(21-7-5-9-25(19-21)43(37,38)39)32-22-13-15-23(16-14-22)33-35-30-17-18-31(28-12-4-3-11-27(28)30)36-34-24-8-6-10-26(20-24)44(40,41)42;;/h3-20,29,32H,2H2,1H3,(H,37,38,39)(H,40,41,42);;/q;2*+1/p-2. The molecule has 0 aliphatic carbocycles. The number of hydrogen-bond acceptors (Lipinski definition) is 11. The van der Waals surface area contributed by atoms with Gasteiger partial charge in [0.25, 0.3) is 0 Å². The summed E-state index contributed by atoms with van der Waals surface area (Å²) in [6, 6.07) is 29.3. The molecule has 0 aliphatic rings. The second-order valence-electron chi connectivity index (χ2n) is 9.68. The number of anilines is 1. The first-order valence-electron chi connectivity index (χ1n) is 13.3. The van der Waals surface area contributed by atoms with E-state index in [9.17, 15) is 25.9 Å². The SMILES string of the molecule is CCC(Nc1ccc(N=Nc2ccc(N=Nc3cccc(S(=O)(=O)[O-])c3)c3ccccc23)cc1)c1cccc(S(=O)(=O)[O-])c1.[Na+].[Na+]. The minimum Gasteiger partial charge on any atom is -0.744 e. The van der Waals surface area contributed by atoms with Crippen molar-refractivity contribution in [3.63, 3.8) is 0 Å². The summed E-state index contributed by atoms with van der Waals surface area (Å²) in [4.78, 5) is -0.648. The Balaban J connectivity index is 0.00000288. The largest absolute Gasteiger partial charge is 1.00 e. The van der Waals surface area contributed by atoms with E-state index < -0.39 is 20.2 Å². The Morgan fingerprint density at radius 3 is 1.67 bits per heavy atom. The molecule has 0 radical (unpaired) electrons. The molecular weight excluding hydrogens is 648 g/mol. The van der Waals surface area contributed by atoms with Crippen molar-refractivity contribution in [2.24, 2.45) is 20.5 Å². The Labute approximate surface area is 311 Å². The fourth-order valence-corrected chi connectivity index (χ4v) is 5.54. The molecule has 0 bridgehead atoms. The van der Waals surface area contributed by atoms with Crippen molar-refractivity contribution in [3.8, 4) is 0 Å². The molecule has 1 unspecified atom stereocenters. The molecule has 0 amide bonds. The number of azo groups is 2. The zero-order valence-corrected chi connectivity index (χ0v) is 30.9. The maximum atomic E-state index is 11.4. The molecule has 0 heterocycles. The van der Waals surface area contributed by atoms with Crippen LogP contribution in [0, 0.1) is 0 Å². The average Bonchev–Trinajstić information content (AvgIpc) is 3.02. The Hall–Kier alpha value is -2.82. The monoisotopic (exact) mass is 673 g/mol. The smallest absolute Gasteiger partial charge is 0.744 e. The van der Waals surface area contributed by atoms with Crippen molar-refractivity contribution in [2.75, 3.05) is 5.32 Å². The van der Waals surface area contributed by atoms with Crippen LogP contribution in [0.5, 0.6) is 0 Å². The van der Waals surface area contributed by atoms with Gasteiger partial charge in [-0.05, 0) is 78.7 Å². The fourth-order valence-electron chi connectivity index (χ4n) is 4.50. The molecule has 0 spiro atoms. The van der Waals surface area contributed by atoms with E-state index in [1.165, 1.54) is 30.3 Å². The number of benzene rings is 5. The van der Waals surface area contributed by atoms with E-state index in [0.29, 0.717) is 29.0 Å². The maximum absolute atomic E-state index is 11.4. The predicted octanol–water partition coefficient (Wildman–Crippen LogP) is 2.05. The van der Waals surface area contributed by atoms with Gasteiger partial charge in [0, 0.05) is 16.5 Å². The third-order valence-corrected chi connectivity index (χ3v) is 8.36. The Kier molecular flexibility index (Phi) is 13.4. The van der Waals surface area contributed by atoms with Crippen LogP contribution in [-0.2, 0) is 20.2 Å². The van der Waals surface area contributed by atoms with Crippen LogP contribution in [0.25, 0.3) is 10.8 Å². The third kappa shape index (κ3) is 9.61. The summed E-state index contributed by atoms with van der Waals surface area (Å²) >= 11 is 0. The molecule has 0 saturated heterocycles. The molecular formula is C31H25N5Na2O6S2. The van der Waals surface area contributed by atoms with Crippen LogP contribution in [0.15, 0.2) is 139 Å². The van der Waals surface area contributed by atoms with E-state index in [1.807, 2.05) is 43.3 Å². The van der Waals surface area contributed by atoms with Crippen LogP contribution in [0.2, 0.25) is 0 Å². The fraction of sp³-hybridized carbons (Fsp3) is 0.0968. The molecule has 5 aromatic carbocycles. The first-order valence-corrected chi connectivity index (χ1v) is 16.2. The first kappa shape index (κ1) is 37.6. The number of fused-ring (bicyclic) bond motifs is 1. The van der Waals surface area contributed by atoms with Gasteiger partial charge in [-0.3, -0.25) is 0 Å². The van der Waals surface area contributed by atoms with Crippen molar-refractivity contribution >= 4 is 59.4 Å². The summed E-state index contributed by atoms with van der Waals surface area (Å²) in [5.41, 5.74) is 3.41. The molecule has 0 fully saturated rings. The minimum atomic E-state index is -4.61. The summed E-state index contributed by atoms with van der Waals surface area (Å²) in [7, 11) is -9.16. The van der Waals surface area contributed by atoms with E-state index in [-0.39, 0.29) is 80.6 Å². The topological polar surface area (TPSA) is 176 Å². The van der Waals surface area contributed by atoms with E-state index in [4.69, 9.17) is 0 Å². The van der Waals surface area contributed by atoms with Gasteiger partial charge in [-0.1, -0.05) is 49.4 Å². The molecule has 15 heteroatoms. The molecule has 5 rings (SSSR count). The van der Waals surface area contributed by atoms with E-state index >= 15 is 0 Å². The molecule has 1 atom stereocenters. The van der Waals surface area contributed by atoms with Gasteiger partial charge < -0.3 is 14.4 Å². The molecule has 0 aliphatic heterocycles. The van der Waals surface area contributed by atoms with Gasteiger partial charge in [0.05, 0.1) is 38.6 Å². The first-order chi connectivity index (χ1) is 21.0. The van der Waals surface area contributed by atoms with Crippen molar-refractivity contribution < 1.29 is 85.1 Å². The van der Waals surface area contributed by atoms with Gasteiger partial charge in [0.15, 0.2) is 0 Å². The van der Waals surface area contributed by atoms with E-state index in [2.05, 4.69) is 25.8 Å². The van der Waals surface area contributed by atoms with Crippen LogP contribution < -0.4 is 64.4 Å². The van der Waals surface area contributed by atoms with Gasteiger partial charge in [0.1, 0.15) is 20.2 Å². The number of nitrogens with zero attached hydrogens (tertiary/aromatic N) is 4. The molecule has 46 heavy (non-hydrogen) atoms. The van der Waals surface area contributed by atoms with Crippen LogP contribution in [-0.4, -0.2) is 25.9 Å². The van der Waals surface area contributed by atoms with Crippen molar-refractivity contribution in [3.05, 3.63) is 115 Å². The van der Waals surface area contributed by atoms with Crippen molar-refractivity contribution in [1.29, 1.82) is 0 Å². The maximum Gasteiger partial charge on any atom is 1.00 e. The molecule has 1 N–H and O–H groups in total. The van der Waals surface area contributed by atoms with Crippen molar-refractivity contribution in [2.45, 2.75) is 29.2 Å². The van der Waals surface area contributed by atoms with Crippen LogP contribution in [0.1, 0.15) is 24.9 Å². The summed E-state index contributed by atoms with van der Waals surface area (Å²) < 4.78 is 68.3. The van der Waals surface area contributed by atoms with Gasteiger partial charge in [-0.15, -0.1) is 10.2 Å². The minimum absolute atomic E-state index is 0. The summed E-state index contributed by atoms with van der Waals surface area (Å²) in [5.74, 6) is 0. The second kappa shape index (κ2) is 16.3. The Morgan fingerprint density at radius 2 is 1.13 bits per heavy atom. The van der Waals surface area contributed by atoms with E-state index in [1.54, 1.807) is 42.5 Å². The number of hydrogen-bond donors (Lipinski definition) is 1. The van der Waals surface area contributed by atoms with Crippen LogP contribution in [0.4, 0.5) is 28.4 Å². The Bertz CT molecular complexity index is 2110. The van der Waals surface area contributed by atoms with E-state index in [0.717, 1.165) is 16.5 Å². The van der Waals surface area contributed by atoms with Gasteiger partial charge in [-0.2, -0.15) is 10.2 Å². The summed E-state index contributed by atoms with van der Waals surface area (Å²) in [6.45, 7) is 1.95. The van der Waals surface area contributed by atoms with Gasteiger partial charge >= 0.3 is 59.1 Å². The average molecular weight is 674 g/mol. The molecule has 0 saturated carbocycles. The molecule has 5 aromatic rings.